The molecule has 1 unspecified atom stereocenters. The number of nitrogens with zero attached hydrogens (tertiary/aromatic N) is 5. The second-order valence-electron chi connectivity index (χ2n) is 8.28. The van der Waals surface area contributed by atoms with Crippen LogP contribution in [0.15, 0.2) is 53.7 Å². The van der Waals surface area contributed by atoms with Crippen molar-refractivity contribution in [2.45, 2.75) is 51.1 Å². The second kappa shape index (κ2) is 11.1. The minimum absolute atomic E-state index is 0.120. The van der Waals surface area contributed by atoms with Crippen LogP contribution in [-0.2, 0) is 11.3 Å². The summed E-state index contributed by atoms with van der Waals surface area (Å²) in [5, 5.41) is 17.7. The third-order valence-electron chi connectivity index (χ3n) is 5.07. The maximum atomic E-state index is 14.5. The van der Waals surface area contributed by atoms with Crippen LogP contribution in [0.5, 0.6) is 0 Å². The Bertz CT molecular complexity index is 1140. The number of aryl methyl sites for hydroxylation is 1. The number of nitriles is 1. The summed E-state index contributed by atoms with van der Waals surface area (Å²) in [6, 6.07) is 16.3. The van der Waals surface area contributed by atoms with E-state index in [2.05, 4.69) is 30.1 Å². The van der Waals surface area contributed by atoms with Crippen LogP contribution < -0.4 is 4.90 Å². The molecular formula is C25H28FN5OS. The normalized spacial score (nSPS) is 11.9. The second-order valence-corrected chi connectivity index (χ2v) is 9.59. The Morgan fingerprint density at radius 2 is 1.85 bits per heavy atom. The zero-order valence-corrected chi connectivity index (χ0v) is 20.1. The van der Waals surface area contributed by atoms with E-state index in [4.69, 9.17) is 5.26 Å². The molecular weight excluding hydrogens is 437 g/mol. The number of hydrogen-bond donors (Lipinski definition) is 0. The summed E-state index contributed by atoms with van der Waals surface area (Å²) < 4.78 is 16.3. The molecule has 0 fully saturated rings. The fourth-order valence-electron chi connectivity index (χ4n) is 3.43. The highest BCUT2D eigenvalue weighted by atomic mass is 32.2. The number of carbonyl (C=O) groups excluding carboxylic acids is 1. The van der Waals surface area contributed by atoms with Crippen molar-refractivity contribution in [2.24, 2.45) is 5.92 Å². The quantitative estimate of drug-likeness (QED) is 0.391. The number of halogens is 1. The van der Waals surface area contributed by atoms with Gasteiger partial charge in [0.15, 0.2) is 11.0 Å². The van der Waals surface area contributed by atoms with Crippen LogP contribution in [0.1, 0.15) is 32.8 Å². The highest BCUT2D eigenvalue weighted by Crippen LogP contribution is 2.30. The van der Waals surface area contributed by atoms with Crippen molar-refractivity contribution in [3.05, 3.63) is 59.9 Å². The average molecular weight is 466 g/mol. The number of carbonyl (C=O) groups is 1. The number of rotatable bonds is 9. The van der Waals surface area contributed by atoms with Gasteiger partial charge in [0.1, 0.15) is 5.82 Å². The van der Waals surface area contributed by atoms with Crippen LogP contribution in [0.3, 0.4) is 0 Å². The largest absolute Gasteiger partial charge is 0.310 e. The Morgan fingerprint density at radius 3 is 2.48 bits per heavy atom. The molecule has 1 heterocycles. The van der Waals surface area contributed by atoms with Gasteiger partial charge in [-0.1, -0.05) is 55.4 Å². The van der Waals surface area contributed by atoms with Crippen LogP contribution in [0.2, 0.25) is 0 Å². The molecule has 0 aliphatic rings. The van der Waals surface area contributed by atoms with E-state index >= 15 is 0 Å². The summed E-state index contributed by atoms with van der Waals surface area (Å²) in [4.78, 5) is 15.0. The monoisotopic (exact) mass is 465 g/mol. The van der Waals surface area contributed by atoms with Gasteiger partial charge in [0.25, 0.3) is 0 Å². The molecule has 0 N–H and O–H groups in total. The molecule has 8 heteroatoms. The van der Waals surface area contributed by atoms with Gasteiger partial charge in [0.05, 0.1) is 23.3 Å². The molecule has 3 aromatic rings. The molecule has 0 aliphatic carbocycles. The molecule has 172 valence electrons. The van der Waals surface area contributed by atoms with Crippen molar-refractivity contribution in [3.8, 4) is 17.5 Å². The molecule has 33 heavy (non-hydrogen) atoms. The summed E-state index contributed by atoms with van der Waals surface area (Å²) >= 11 is 1.29. The Hall–Kier alpha value is -3.18. The van der Waals surface area contributed by atoms with Gasteiger partial charge in [-0.15, -0.1) is 10.2 Å². The third-order valence-corrected chi connectivity index (χ3v) is 6.14. The van der Waals surface area contributed by atoms with Crippen molar-refractivity contribution in [3.63, 3.8) is 0 Å². The van der Waals surface area contributed by atoms with Gasteiger partial charge in [-0.3, -0.25) is 4.79 Å². The molecule has 0 radical (unpaired) electrons. The maximum Gasteiger partial charge on any atom is 0.240 e. The van der Waals surface area contributed by atoms with Gasteiger partial charge in [-0.2, -0.15) is 5.26 Å². The zero-order chi connectivity index (χ0) is 24.0. The number of benzene rings is 2. The predicted octanol–water partition coefficient (Wildman–Crippen LogP) is 5.48. The van der Waals surface area contributed by atoms with Gasteiger partial charge in [0, 0.05) is 18.8 Å². The van der Waals surface area contributed by atoms with E-state index in [-0.39, 0.29) is 24.1 Å². The number of aromatic nitrogens is 3. The number of thioether (sulfide) groups is 1. The molecule has 2 aromatic carbocycles. The Balaban J connectivity index is 1.89. The Labute approximate surface area is 198 Å². The van der Waals surface area contributed by atoms with Crippen molar-refractivity contribution in [2.75, 3.05) is 11.4 Å². The topological polar surface area (TPSA) is 74.8 Å². The Morgan fingerprint density at radius 1 is 1.15 bits per heavy atom. The molecule has 1 atom stereocenters. The number of anilines is 1. The first-order valence-electron chi connectivity index (χ1n) is 10.9. The first-order valence-corrected chi connectivity index (χ1v) is 11.8. The third kappa shape index (κ3) is 5.99. The van der Waals surface area contributed by atoms with E-state index in [9.17, 15) is 9.18 Å². The van der Waals surface area contributed by atoms with Crippen LogP contribution >= 0.6 is 11.8 Å². The smallest absolute Gasteiger partial charge is 0.240 e. The van der Waals surface area contributed by atoms with Crippen LogP contribution in [-0.4, -0.2) is 32.5 Å². The molecule has 0 spiro atoms. The summed E-state index contributed by atoms with van der Waals surface area (Å²) in [6.07, 6.45) is 0.234. The van der Waals surface area contributed by atoms with Crippen LogP contribution in [0.25, 0.3) is 11.4 Å². The first-order chi connectivity index (χ1) is 15.8. The fraction of sp³-hybridized carbons (Fsp3) is 0.360. The lowest BCUT2D eigenvalue weighted by atomic mass is 10.2. The van der Waals surface area contributed by atoms with E-state index in [1.807, 2.05) is 42.7 Å². The molecule has 0 bridgehead atoms. The fourth-order valence-corrected chi connectivity index (χ4v) is 4.35. The number of amides is 1. The summed E-state index contributed by atoms with van der Waals surface area (Å²) in [5.41, 5.74) is 2.23. The zero-order valence-electron chi connectivity index (χ0n) is 19.3. The summed E-state index contributed by atoms with van der Waals surface area (Å²) in [6.45, 7) is 8.83. The lowest BCUT2D eigenvalue weighted by Gasteiger charge is -2.25. The Kier molecular flexibility index (Phi) is 8.23. The first kappa shape index (κ1) is 24.5. The number of hydrogen-bond acceptors (Lipinski definition) is 5. The maximum absolute atomic E-state index is 14.5. The molecule has 1 aromatic heterocycles. The van der Waals surface area contributed by atoms with Gasteiger partial charge < -0.3 is 9.47 Å². The van der Waals surface area contributed by atoms with E-state index in [1.54, 1.807) is 23.1 Å². The average Bonchev–Trinajstić information content (AvgIpc) is 3.16. The molecule has 1 amide bonds. The molecule has 3 rings (SSSR count). The highest BCUT2D eigenvalue weighted by Gasteiger charge is 2.26. The van der Waals surface area contributed by atoms with Crippen molar-refractivity contribution < 1.29 is 9.18 Å². The minimum atomic E-state index is -0.478. The van der Waals surface area contributed by atoms with Crippen LogP contribution in [0.4, 0.5) is 10.1 Å². The molecule has 6 nitrogen and oxygen atoms in total. The lowest BCUT2D eigenvalue weighted by molar-refractivity contribution is -0.117. The van der Waals surface area contributed by atoms with E-state index in [0.717, 1.165) is 11.3 Å². The van der Waals surface area contributed by atoms with Gasteiger partial charge in [0.2, 0.25) is 5.91 Å². The lowest BCUT2D eigenvalue weighted by Crippen LogP contribution is -2.37. The van der Waals surface area contributed by atoms with Crippen molar-refractivity contribution >= 4 is 23.4 Å². The minimum Gasteiger partial charge on any atom is -0.310 e. The van der Waals surface area contributed by atoms with Gasteiger partial charge in [-0.25, -0.2) is 4.39 Å². The highest BCUT2D eigenvalue weighted by molar-refractivity contribution is 8.00. The standard InChI is InChI=1S/C25H28FN5OS/c1-17(2)16-31-23(21-8-5-6-9-22(21)26)28-29-25(31)33-19(4)24(32)30(15-7-14-27)20-12-10-18(3)11-13-20/h5-6,8-13,17,19H,7,15-16H2,1-4H3. The van der Waals surface area contributed by atoms with E-state index in [1.165, 1.54) is 17.8 Å². The molecule has 0 saturated heterocycles. The predicted molar refractivity (Wildman–Crippen MR) is 129 cm³/mol. The summed E-state index contributed by atoms with van der Waals surface area (Å²) in [5.74, 6) is 0.239. The van der Waals surface area contributed by atoms with Gasteiger partial charge in [-0.05, 0) is 44.0 Å². The van der Waals surface area contributed by atoms with E-state index < -0.39 is 5.25 Å². The van der Waals surface area contributed by atoms with Crippen molar-refractivity contribution in [1.82, 2.24) is 14.8 Å². The molecule has 0 aliphatic heterocycles. The summed E-state index contributed by atoms with van der Waals surface area (Å²) in [7, 11) is 0. The van der Waals surface area contributed by atoms with Crippen molar-refractivity contribution in [1.29, 1.82) is 5.26 Å². The molecule has 0 saturated carbocycles. The SMILES string of the molecule is Cc1ccc(N(CCC#N)C(=O)C(C)Sc2nnc(-c3ccccc3F)n2CC(C)C)cc1. The van der Waals surface area contributed by atoms with E-state index in [0.29, 0.717) is 29.6 Å². The van der Waals surface area contributed by atoms with Crippen LogP contribution in [0, 0.1) is 30.0 Å². The van der Waals surface area contributed by atoms with Gasteiger partial charge >= 0.3 is 0 Å².